The summed E-state index contributed by atoms with van der Waals surface area (Å²) in [5, 5.41) is 2.56. The van der Waals surface area contributed by atoms with E-state index in [4.69, 9.17) is 23.8 Å². The predicted molar refractivity (Wildman–Crippen MR) is 101 cm³/mol. The summed E-state index contributed by atoms with van der Waals surface area (Å²) in [6, 6.07) is 5.06. The number of hydrazine groups is 1. The van der Waals surface area contributed by atoms with Gasteiger partial charge < -0.3 is 5.32 Å². The zero-order valence-electron chi connectivity index (χ0n) is 14.5. The van der Waals surface area contributed by atoms with Gasteiger partial charge in [0.15, 0.2) is 5.11 Å². The summed E-state index contributed by atoms with van der Waals surface area (Å²) in [4.78, 5) is 11.5. The number of carbonyl (C=O) groups is 1. The van der Waals surface area contributed by atoms with Crippen molar-refractivity contribution in [2.45, 2.75) is 50.6 Å². The van der Waals surface area contributed by atoms with Crippen LogP contribution < -0.4 is 16.2 Å². The first-order chi connectivity index (χ1) is 12.2. The standard InChI is InChI=1S/C17H23ClF3N3OS/c1-2-3-4-8-15(25)23-24-16(26)22-11-14(18)10-12-6-5-7-13(9-12)17(19,20)21/h5-7,9,14H,2-4,8,10-11H2,1H3,(H,23,25)(H2,22,24,26). The molecule has 9 heteroatoms. The normalized spacial score (nSPS) is 12.3. The van der Waals surface area contributed by atoms with Crippen molar-refractivity contribution in [1.29, 1.82) is 0 Å². The molecule has 0 aliphatic heterocycles. The maximum Gasteiger partial charge on any atom is 0.416 e. The van der Waals surface area contributed by atoms with Gasteiger partial charge in [0.25, 0.3) is 0 Å². The first-order valence-electron chi connectivity index (χ1n) is 8.35. The van der Waals surface area contributed by atoms with Crippen LogP contribution in [0.15, 0.2) is 24.3 Å². The number of hydrogen-bond donors (Lipinski definition) is 3. The van der Waals surface area contributed by atoms with Crippen molar-refractivity contribution < 1.29 is 18.0 Å². The molecule has 0 heterocycles. The Morgan fingerprint density at radius 3 is 2.65 bits per heavy atom. The Morgan fingerprint density at radius 1 is 1.27 bits per heavy atom. The van der Waals surface area contributed by atoms with Crippen molar-refractivity contribution in [3.05, 3.63) is 35.4 Å². The second-order valence-corrected chi connectivity index (χ2v) is 6.87. The smallest absolute Gasteiger partial charge is 0.360 e. The second kappa shape index (κ2) is 11.2. The van der Waals surface area contributed by atoms with Crippen LogP contribution in [0.4, 0.5) is 13.2 Å². The molecule has 0 fully saturated rings. The van der Waals surface area contributed by atoms with Crippen LogP contribution in [-0.2, 0) is 17.4 Å². The summed E-state index contributed by atoms with van der Waals surface area (Å²) < 4.78 is 38.1. The van der Waals surface area contributed by atoms with Crippen LogP contribution in [0, 0.1) is 0 Å². The molecule has 1 amide bonds. The third kappa shape index (κ3) is 9.24. The zero-order valence-corrected chi connectivity index (χ0v) is 16.0. The topological polar surface area (TPSA) is 53.2 Å². The van der Waals surface area contributed by atoms with E-state index in [-0.39, 0.29) is 24.0 Å². The molecular weight excluding hydrogens is 387 g/mol. The molecule has 0 saturated carbocycles. The van der Waals surface area contributed by atoms with Gasteiger partial charge in [-0.1, -0.05) is 38.0 Å². The molecule has 4 nitrogen and oxygen atoms in total. The third-order valence-electron chi connectivity index (χ3n) is 3.52. The van der Waals surface area contributed by atoms with E-state index in [1.807, 2.05) is 0 Å². The minimum atomic E-state index is -4.38. The van der Waals surface area contributed by atoms with Crippen LogP contribution in [0.25, 0.3) is 0 Å². The highest BCUT2D eigenvalue weighted by Gasteiger charge is 2.30. The first kappa shape index (κ1) is 22.5. The van der Waals surface area contributed by atoms with Crippen LogP contribution >= 0.6 is 23.8 Å². The molecule has 0 radical (unpaired) electrons. The van der Waals surface area contributed by atoms with Gasteiger partial charge in [-0.2, -0.15) is 13.2 Å². The van der Waals surface area contributed by atoms with E-state index in [9.17, 15) is 18.0 Å². The Kier molecular flexibility index (Phi) is 9.72. The maximum atomic E-state index is 12.7. The lowest BCUT2D eigenvalue weighted by Gasteiger charge is -2.15. The van der Waals surface area contributed by atoms with Crippen molar-refractivity contribution in [2.75, 3.05) is 6.54 Å². The number of carbonyl (C=O) groups excluding carboxylic acids is 1. The van der Waals surface area contributed by atoms with Crippen LogP contribution in [0.3, 0.4) is 0 Å². The fourth-order valence-electron chi connectivity index (χ4n) is 2.17. The average Bonchev–Trinajstić information content (AvgIpc) is 2.58. The summed E-state index contributed by atoms with van der Waals surface area (Å²) in [5.74, 6) is -0.158. The van der Waals surface area contributed by atoms with Gasteiger partial charge >= 0.3 is 6.18 Å². The molecule has 1 rings (SSSR count). The Balaban J connectivity index is 2.32. The summed E-state index contributed by atoms with van der Waals surface area (Å²) >= 11 is 11.2. The van der Waals surface area contributed by atoms with E-state index in [0.29, 0.717) is 12.0 Å². The Morgan fingerprint density at radius 2 is 2.00 bits per heavy atom. The molecule has 1 unspecified atom stereocenters. The van der Waals surface area contributed by atoms with E-state index in [1.165, 1.54) is 6.07 Å². The van der Waals surface area contributed by atoms with Gasteiger partial charge in [0, 0.05) is 13.0 Å². The molecule has 0 bridgehead atoms. The molecule has 0 aromatic heterocycles. The van der Waals surface area contributed by atoms with Crippen LogP contribution in [0.5, 0.6) is 0 Å². The molecule has 1 atom stereocenters. The lowest BCUT2D eigenvalue weighted by Crippen LogP contribution is -2.48. The summed E-state index contributed by atoms with van der Waals surface area (Å²) in [5.41, 5.74) is 4.84. The van der Waals surface area contributed by atoms with Crippen molar-refractivity contribution >= 4 is 34.8 Å². The number of amides is 1. The van der Waals surface area contributed by atoms with Gasteiger partial charge in [0.1, 0.15) is 0 Å². The summed E-state index contributed by atoms with van der Waals surface area (Å²) in [7, 11) is 0. The number of thiocarbonyl (C=S) groups is 1. The Bertz CT molecular complexity index is 599. The SMILES string of the molecule is CCCCCC(=O)NNC(=S)NCC(Cl)Cc1cccc(C(F)(F)F)c1. The van der Waals surface area contributed by atoms with Crippen molar-refractivity contribution in [1.82, 2.24) is 16.2 Å². The summed E-state index contributed by atoms with van der Waals surface area (Å²) in [6.45, 7) is 2.30. The number of nitrogens with one attached hydrogen (secondary N) is 3. The molecule has 0 saturated heterocycles. The largest absolute Gasteiger partial charge is 0.416 e. The molecule has 146 valence electrons. The molecule has 0 aliphatic carbocycles. The number of hydrogen-bond acceptors (Lipinski definition) is 2. The number of rotatable bonds is 8. The van der Waals surface area contributed by atoms with Gasteiger partial charge in [-0.3, -0.25) is 15.6 Å². The molecular formula is C17H23ClF3N3OS. The minimum absolute atomic E-state index is 0.158. The van der Waals surface area contributed by atoms with Crippen molar-refractivity contribution in [2.24, 2.45) is 0 Å². The van der Waals surface area contributed by atoms with E-state index in [0.717, 1.165) is 31.4 Å². The van der Waals surface area contributed by atoms with Crippen LogP contribution in [0.1, 0.15) is 43.7 Å². The quantitative estimate of drug-likeness (QED) is 0.263. The van der Waals surface area contributed by atoms with Crippen molar-refractivity contribution in [3.8, 4) is 0 Å². The van der Waals surface area contributed by atoms with Gasteiger partial charge in [-0.15, -0.1) is 11.6 Å². The first-order valence-corrected chi connectivity index (χ1v) is 9.19. The number of benzene rings is 1. The number of unbranched alkanes of at least 4 members (excludes halogenated alkanes) is 2. The van der Waals surface area contributed by atoms with Gasteiger partial charge in [-0.05, 0) is 36.7 Å². The Hall–Kier alpha value is -1.54. The van der Waals surface area contributed by atoms with Crippen molar-refractivity contribution in [3.63, 3.8) is 0 Å². The Labute approximate surface area is 161 Å². The minimum Gasteiger partial charge on any atom is -0.360 e. The lowest BCUT2D eigenvalue weighted by molar-refractivity contribution is -0.137. The monoisotopic (exact) mass is 409 g/mol. The zero-order chi connectivity index (χ0) is 19.6. The second-order valence-electron chi connectivity index (χ2n) is 5.84. The number of halogens is 4. The third-order valence-corrected chi connectivity index (χ3v) is 4.07. The summed E-state index contributed by atoms with van der Waals surface area (Å²) in [6.07, 6.45) is -0.882. The van der Waals surface area contributed by atoms with E-state index in [2.05, 4.69) is 23.1 Å². The van der Waals surface area contributed by atoms with Gasteiger partial charge in [0.05, 0.1) is 10.9 Å². The highest BCUT2D eigenvalue weighted by molar-refractivity contribution is 7.80. The highest BCUT2D eigenvalue weighted by Crippen LogP contribution is 2.29. The molecule has 3 N–H and O–H groups in total. The molecule has 1 aromatic rings. The van der Waals surface area contributed by atoms with Crippen LogP contribution in [-0.4, -0.2) is 22.9 Å². The molecule has 0 aliphatic rings. The number of alkyl halides is 4. The lowest BCUT2D eigenvalue weighted by atomic mass is 10.1. The van der Waals surface area contributed by atoms with E-state index >= 15 is 0 Å². The fraction of sp³-hybridized carbons (Fsp3) is 0.529. The van der Waals surface area contributed by atoms with Crippen LogP contribution in [0.2, 0.25) is 0 Å². The fourth-order valence-corrected chi connectivity index (χ4v) is 2.56. The highest BCUT2D eigenvalue weighted by atomic mass is 35.5. The van der Waals surface area contributed by atoms with Gasteiger partial charge in [0.2, 0.25) is 5.91 Å². The van der Waals surface area contributed by atoms with E-state index in [1.54, 1.807) is 6.07 Å². The molecule has 1 aromatic carbocycles. The maximum absolute atomic E-state index is 12.7. The van der Waals surface area contributed by atoms with Gasteiger partial charge in [-0.25, -0.2) is 0 Å². The molecule has 0 spiro atoms. The molecule has 26 heavy (non-hydrogen) atoms. The predicted octanol–water partition coefficient (Wildman–Crippen LogP) is 3.93. The average molecular weight is 410 g/mol. The van der Waals surface area contributed by atoms with E-state index < -0.39 is 17.1 Å².